The predicted octanol–water partition coefficient (Wildman–Crippen LogP) is 3.44. The van der Waals surface area contributed by atoms with Crippen molar-refractivity contribution < 1.29 is 23.1 Å². The van der Waals surface area contributed by atoms with Gasteiger partial charge in [0.25, 0.3) is 0 Å². The van der Waals surface area contributed by atoms with Gasteiger partial charge in [-0.25, -0.2) is 18.0 Å². The second kappa shape index (κ2) is 6.92. The van der Waals surface area contributed by atoms with Gasteiger partial charge in [0.05, 0.1) is 12.2 Å². The van der Waals surface area contributed by atoms with Gasteiger partial charge in [0, 0.05) is 11.6 Å². The summed E-state index contributed by atoms with van der Waals surface area (Å²) < 4.78 is 40.3. The average Bonchev–Trinajstić information content (AvgIpc) is 2.48. The number of anilines is 1. The first kappa shape index (κ1) is 17.8. The van der Waals surface area contributed by atoms with Crippen LogP contribution in [0.15, 0.2) is 36.4 Å². The van der Waals surface area contributed by atoms with Crippen LogP contribution in [0.2, 0.25) is 0 Å². The first-order chi connectivity index (χ1) is 11.2. The van der Waals surface area contributed by atoms with Crippen LogP contribution in [0.25, 0.3) is 0 Å². The summed E-state index contributed by atoms with van der Waals surface area (Å²) in [5.74, 6) is -2.29. The number of hydrogen-bond acceptors (Lipinski definition) is 2. The molecule has 1 atom stereocenters. The fourth-order valence-corrected chi connectivity index (χ4v) is 2.16. The standard InChI is InChI=1S/C17H17F3N2O2/c1-10-3-6-15(14(20)7-10)22-16(23)21-9-17(2,24)12-5-4-11(18)8-13(12)19/h3-8,24H,9H2,1-2H3,(H2,21,22,23). The Morgan fingerprint density at radius 1 is 1.12 bits per heavy atom. The normalized spacial score (nSPS) is 13.2. The number of carbonyl (C=O) groups excluding carboxylic acids is 1. The van der Waals surface area contributed by atoms with Crippen molar-refractivity contribution in [3.8, 4) is 0 Å². The predicted molar refractivity (Wildman–Crippen MR) is 84.1 cm³/mol. The van der Waals surface area contributed by atoms with E-state index < -0.39 is 29.1 Å². The van der Waals surface area contributed by atoms with E-state index in [0.717, 1.165) is 12.1 Å². The monoisotopic (exact) mass is 338 g/mol. The van der Waals surface area contributed by atoms with E-state index in [0.29, 0.717) is 11.6 Å². The summed E-state index contributed by atoms with van der Waals surface area (Å²) in [7, 11) is 0. The van der Waals surface area contributed by atoms with Crippen molar-refractivity contribution in [1.82, 2.24) is 5.32 Å². The van der Waals surface area contributed by atoms with E-state index in [-0.39, 0.29) is 17.8 Å². The Labute approximate surface area is 137 Å². The third-order valence-corrected chi connectivity index (χ3v) is 3.48. The lowest BCUT2D eigenvalue weighted by Crippen LogP contribution is -2.41. The van der Waals surface area contributed by atoms with Crippen LogP contribution in [-0.4, -0.2) is 17.7 Å². The minimum atomic E-state index is -1.76. The van der Waals surface area contributed by atoms with E-state index in [1.807, 2.05) is 0 Å². The van der Waals surface area contributed by atoms with Gasteiger partial charge in [0.1, 0.15) is 23.1 Å². The van der Waals surface area contributed by atoms with Crippen molar-refractivity contribution in [3.05, 3.63) is 65.0 Å². The summed E-state index contributed by atoms with van der Waals surface area (Å²) in [5, 5.41) is 14.9. The molecule has 3 N–H and O–H groups in total. The summed E-state index contributed by atoms with van der Waals surface area (Å²) in [6.45, 7) is 2.63. The Hall–Kier alpha value is -2.54. The van der Waals surface area contributed by atoms with Crippen molar-refractivity contribution in [2.75, 3.05) is 11.9 Å². The highest BCUT2D eigenvalue weighted by atomic mass is 19.1. The quantitative estimate of drug-likeness (QED) is 0.800. The SMILES string of the molecule is Cc1ccc(NC(=O)NCC(C)(O)c2ccc(F)cc2F)c(F)c1. The molecular formula is C17H17F3N2O2. The van der Waals surface area contributed by atoms with Crippen molar-refractivity contribution >= 4 is 11.7 Å². The van der Waals surface area contributed by atoms with Gasteiger partial charge in [0.15, 0.2) is 0 Å². The van der Waals surface area contributed by atoms with Crippen LogP contribution in [0, 0.1) is 24.4 Å². The molecular weight excluding hydrogens is 321 g/mol. The number of nitrogens with one attached hydrogen (secondary N) is 2. The first-order valence-corrected chi connectivity index (χ1v) is 7.18. The molecule has 2 amide bonds. The van der Waals surface area contributed by atoms with Crippen molar-refractivity contribution in [1.29, 1.82) is 0 Å². The van der Waals surface area contributed by atoms with E-state index in [4.69, 9.17) is 0 Å². The van der Waals surface area contributed by atoms with Gasteiger partial charge in [-0.2, -0.15) is 0 Å². The minimum Gasteiger partial charge on any atom is -0.383 e. The highest BCUT2D eigenvalue weighted by Crippen LogP contribution is 2.23. The molecule has 2 aromatic carbocycles. The molecule has 0 saturated heterocycles. The number of hydrogen-bond donors (Lipinski definition) is 3. The molecule has 0 aliphatic carbocycles. The maximum absolute atomic E-state index is 13.7. The Balaban J connectivity index is 2.02. The van der Waals surface area contributed by atoms with Gasteiger partial charge in [-0.3, -0.25) is 0 Å². The number of aliphatic hydroxyl groups is 1. The molecule has 0 heterocycles. The van der Waals surface area contributed by atoms with Crippen LogP contribution in [0.5, 0.6) is 0 Å². The molecule has 7 heteroatoms. The number of aryl methyl sites for hydroxylation is 1. The fraction of sp³-hybridized carbons (Fsp3) is 0.235. The number of carbonyl (C=O) groups is 1. The third-order valence-electron chi connectivity index (χ3n) is 3.48. The van der Waals surface area contributed by atoms with Gasteiger partial charge in [-0.05, 0) is 37.6 Å². The molecule has 0 radical (unpaired) electrons. The third kappa shape index (κ3) is 4.26. The Bertz CT molecular complexity index is 763. The van der Waals surface area contributed by atoms with Gasteiger partial charge >= 0.3 is 6.03 Å². The Kier molecular flexibility index (Phi) is 5.14. The Morgan fingerprint density at radius 2 is 1.83 bits per heavy atom. The van der Waals surface area contributed by atoms with Gasteiger partial charge < -0.3 is 15.7 Å². The first-order valence-electron chi connectivity index (χ1n) is 7.18. The lowest BCUT2D eigenvalue weighted by molar-refractivity contribution is 0.0561. The van der Waals surface area contributed by atoms with Crippen LogP contribution < -0.4 is 10.6 Å². The van der Waals surface area contributed by atoms with Crippen LogP contribution >= 0.6 is 0 Å². The maximum Gasteiger partial charge on any atom is 0.319 e. The average molecular weight is 338 g/mol. The molecule has 4 nitrogen and oxygen atoms in total. The molecule has 128 valence electrons. The van der Waals surface area contributed by atoms with Crippen LogP contribution in [0.4, 0.5) is 23.7 Å². The molecule has 0 fully saturated rings. The van der Waals surface area contributed by atoms with Crippen molar-refractivity contribution in [2.45, 2.75) is 19.4 Å². The van der Waals surface area contributed by atoms with Gasteiger partial charge in [0.2, 0.25) is 0 Å². The lowest BCUT2D eigenvalue weighted by Gasteiger charge is -2.24. The van der Waals surface area contributed by atoms with Gasteiger partial charge in [-0.15, -0.1) is 0 Å². The molecule has 2 aromatic rings. The van der Waals surface area contributed by atoms with E-state index in [1.165, 1.54) is 19.1 Å². The fourth-order valence-electron chi connectivity index (χ4n) is 2.16. The van der Waals surface area contributed by atoms with E-state index in [9.17, 15) is 23.1 Å². The summed E-state index contributed by atoms with van der Waals surface area (Å²) >= 11 is 0. The largest absolute Gasteiger partial charge is 0.383 e. The molecule has 0 aromatic heterocycles. The summed E-state index contributed by atoms with van der Waals surface area (Å²) in [6.07, 6.45) is 0. The topological polar surface area (TPSA) is 61.4 Å². The highest BCUT2D eigenvalue weighted by Gasteiger charge is 2.27. The number of rotatable bonds is 4. The zero-order chi connectivity index (χ0) is 17.9. The second-order valence-corrected chi connectivity index (χ2v) is 5.69. The number of amides is 2. The highest BCUT2D eigenvalue weighted by molar-refractivity contribution is 5.89. The van der Waals surface area contributed by atoms with Gasteiger partial charge in [-0.1, -0.05) is 12.1 Å². The van der Waals surface area contributed by atoms with Crippen LogP contribution in [-0.2, 0) is 5.60 Å². The number of benzene rings is 2. The number of halogens is 3. The van der Waals surface area contributed by atoms with E-state index in [2.05, 4.69) is 10.6 Å². The van der Waals surface area contributed by atoms with Crippen LogP contribution in [0.3, 0.4) is 0 Å². The van der Waals surface area contributed by atoms with Crippen molar-refractivity contribution in [2.24, 2.45) is 0 Å². The zero-order valence-corrected chi connectivity index (χ0v) is 13.2. The maximum atomic E-state index is 13.7. The zero-order valence-electron chi connectivity index (χ0n) is 13.2. The molecule has 0 bridgehead atoms. The molecule has 2 rings (SSSR count). The van der Waals surface area contributed by atoms with Crippen molar-refractivity contribution in [3.63, 3.8) is 0 Å². The smallest absolute Gasteiger partial charge is 0.319 e. The van der Waals surface area contributed by atoms with E-state index >= 15 is 0 Å². The summed E-state index contributed by atoms with van der Waals surface area (Å²) in [6, 6.07) is 6.29. The Morgan fingerprint density at radius 3 is 2.46 bits per heavy atom. The van der Waals surface area contributed by atoms with E-state index in [1.54, 1.807) is 13.0 Å². The minimum absolute atomic E-state index is 0.0225. The molecule has 24 heavy (non-hydrogen) atoms. The molecule has 0 spiro atoms. The summed E-state index contributed by atoms with van der Waals surface area (Å²) in [5.41, 5.74) is -1.24. The molecule has 1 unspecified atom stereocenters. The molecule has 0 saturated carbocycles. The summed E-state index contributed by atoms with van der Waals surface area (Å²) in [4.78, 5) is 11.8. The molecule has 0 aliphatic heterocycles. The number of urea groups is 1. The second-order valence-electron chi connectivity index (χ2n) is 5.69. The lowest BCUT2D eigenvalue weighted by atomic mass is 9.95. The molecule has 0 aliphatic rings. The van der Waals surface area contributed by atoms with Crippen LogP contribution in [0.1, 0.15) is 18.1 Å².